The van der Waals surface area contributed by atoms with E-state index in [2.05, 4.69) is 5.32 Å². The first-order chi connectivity index (χ1) is 13.0. The molecule has 0 spiro atoms. The predicted octanol–water partition coefficient (Wildman–Crippen LogP) is 3.54. The smallest absolute Gasteiger partial charge is 0.265 e. The molecule has 142 valence electrons. The topological polar surface area (TPSA) is 67.9 Å². The summed E-state index contributed by atoms with van der Waals surface area (Å²) < 4.78 is 11.0. The molecule has 2 aromatic carbocycles. The van der Waals surface area contributed by atoms with Gasteiger partial charge in [-0.15, -0.1) is 0 Å². The molecule has 0 radical (unpaired) electrons. The summed E-state index contributed by atoms with van der Waals surface area (Å²) in [7, 11) is 1.56. The SMILES string of the molecule is COc1ccc(C)cc1NC(=O)C(C)Oc1ccc(N2CCCC2=O)cc1. The van der Waals surface area contributed by atoms with Gasteiger partial charge in [-0.05, 0) is 62.2 Å². The van der Waals surface area contributed by atoms with Crippen LogP contribution in [-0.2, 0) is 9.59 Å². The summed E-state index contributed by atoms with van der Waals surface area (Å²) in [6.45, 7) is 4.38. The van der Waals surface area contributed by atoms with Gasteiger partial charge >= 0.3 is 0 Å². The van der Waals surface area contributed by atoms with E-state index < -0.39 is 6.10 Å². The first-order valence-corrected chi connectivity index (χ1v) is 9.00. The highest BCUT2D eigenvalue weighted by molar-refractivity contribution is 5.96. The Labute approximate surface area is 159 Å². The van der Waals surface area contributed by atoms with Crippen LogP contribution >= 0.6 is 0 Å². The van der Waals surface area contributed by atoms with Crippen LogP contribution in [0.25, 0.3) is 0 Å². The number of aryl methyl sites for hydroxylation is 1. The molecule has 1 saturated heterocycles. The molecule has 2 aromatic rings. The van der Waals surface area contributed by atoms with Crippen LogP contribution in [-0.4, -0.2) is 31.6 Å². The second kappa shape index (κ2) is 8.12. The van der Waals surface area contributed by atoms with E-state index in [0.29, 0.717) is 23.6 Å². The number of amides is 2. The lowest BCUT2D eigenvalue weighted by Crippen LogP contribution is -2.30. The zero-order valence-corrected chi connectivity index (χ0v) is 15.8. The van der Waals surface area contributed by atoms with Crippen LogP contribution in [0.3, 0.4) is 0 Å². The minimum atomic E-state index is -0.686. The number of rotatable bonds is 6. The van der Waals surface area contributed by atoms with Crippen molar-refractivity contribution >= 4 is 23.2 Å². The molecule has 1 heterocycles. The van der Waals surface area contributed by atoms with E-state index >= 15 is 0 Å². The summed E-state index contributed by atoms with van der Waals surface area (Å²) >= 11 is 0. The van der Waals surface area contributed by atoms with E-state index in [4.69, 9.17) is 9.47 Å². The van der Waals surface area contributed by atoms with Crippen LogP contribution in [0.1, 0.15) is 25.3 Å². The van der Waals surface area contributed by atoms with E-state index in [1.54, 1.807) is 31.1 Å². The fourth-order valence-electron chi connectivity index (χ4n) is 3.04. The molecule has 2 amide bonds. The number of nitrogens with one attached hydrogen (secondary N) is 1. The molecule has 0 aromatic heterocycles. The van der Waals surface area contributed by atoms with Crippen molar-refractivity contribution in [2.75, 3.05) is 23.9 Å². The number of methoxy groups -OCH3 is 1. The van der Waals surface area contributed by atoms with Gasteiger partial charge in [0, 0.05) is 18.7 Å². The first kappa shape index (κ1) is 18.8. The summed E-state index contributed by atoms with van der Waals surface area (Å²) in [4.78, 5) is 26.0. The summed E-state index contributed by atoms with van der Waals surface area (Å²) in [5, 5.41) is 2.84. The summed E-state index contributed by atoms with van der Waals surface area (Å²) in [6.07, 6.45) is 0.795. The number of benzene rings is 2. The van der Waals surface area contributed by atoms with E-state index in [1.165, 1.54) is 0 Å². The van der Waals surface area contributed by atoms with Crippen LogP contribution in [0.4, 0.5) is 11.4 Å². The third-order valence-corrected chi connectivity index (χ3v) is 4.52. The van der Waals surface area contributed by atoms with Gasteiger partial charge in [0.1, 0.15) is 11.5 Å². The Morgan fingerprint density at radius 2 is 1.93 bits per heavy atom. The van der Waals surface area contributed by atoms with Gasteiger partial charge in [-0.3, -0.25) is 9.59 Å². The van der Waals surface area contributed by atoms with Gasteiger partial charge in [-0.25, -0.2) is 0 Å². The van der Waals surface area contributed by atoms with Crippen molar-refractivity contribution in [3.05, 3.63) is 48.0 Å². The maximum Gasteiger partial charge on any atom is 0.265 e. The maximum atomic E-state index is 12.5. The molecule has 1 aliphatic rings. The zero-order valence-electron chi connectivity index (χ0n) is 15.8. The average molecular weight is 368 g/mol. The summed E-state index contributed by atoms with van der Waals surface area (Å²) in [5.74, 6) is 1.05. The van der Waals surface area contributed by atoms with Crippen LogP contribution < -0.4 is 19.7 Å². The van der Waals surface area contributed by atoms with Crippen molar-refractivity contribution in [1.82, 2.24) is 0 Å². The number of carbonyl (C=O) groups excluding carboxylic acids is 2. The molecule has 1 aliphatic heterocycles. The van der Waals surface area contributed by atoms with E-state index in [0.717, 1.165) is 24.2 Å². The molecule has 0 aliphatic carbocycles. The molecule has 3 rings (SSSR count). The normalized spacial score (nSPS) is 14.8. The van der Waals surface area contributed by atoms with Crippen molar-refractivity contribution in [3.63, 3.8) is 0 Å². The highest BCUT2D eigenvalue weighted by Crippen LogP contribution is 2.26. The van der Waals surface area contributed by atoms with Crippen molar-refractivity contribution in [2.45, 2.75) is 32.8 Å². The van der Waals surface area contributed by atoms with Gasteiger partial charge in [0.15, 0.2) is 6.10 Å². The van der Waals surface area contributed by atoms with Crippen molar-refractivity contribution < 1.29 is 19.1 Å². The van der Waals surface area contributed by atoms with Crippen LogP contribution in [0.2, 0.25) is 0 Å². The predicted molar refractivity (Wildman–Crippen MR) is 104 cm³/mol. The molecule has 6 nitrogen and oxygen atoms in total. The highest BCUT2D eigenvalue weighted by atomic mass is 16.5. The van der Waals surface area contributed by atoms with E-state index in [-0.39, 0.29) is 11.8 Å². The van der Waals surface area contributed by atoms with Gasteiger partial charge < -0.3 is 19.7 Å². The lowest BCUT2D eigenvalue weighted by molar-refractivity contribution is -0.122. The lowest BCUT2D eigenvalue weighted by atomic mass is 10.2. The molecular weight excluding hydrogens is 344 g/mol. The Bertz CT molecular complexity index is 833. The average Bonchev–Trinajstić information content (AvgIpc) is 3.08. The van der Waals surface area contributed by atoms with Gasteiger partial charge in [-0.1, -0.05) is 6.07 Å². The Hall–Kier alpha value is -3.02. The number of ether oxygens (including phenoxy) is 2. The summed E-state index contributed by atoms with van der Waals surface area (Å²) in [5.41, 5.74) is 2.49. The van der Waals surface area contributed by atoms with Crippen LogP contribution in [0.5, 0.6) is 11.5 Å². The largest absolute Gasteiger partial charge is 0.495 e. The van der Waals surface area contributed by atoms with Crippen molar-refractivity contribution in [1.29, 1.82) is 0 Å². The highest BCUT2D eigenvalue weighted by Gasteiger charge is 2.22. The number of hydrogen-bond donors (Lipinski definition) is 1. The fourth-order valence-corrected chi connectivity index (χ4v) is 3.04. The Morgan fingerprint density at radius 1 is 1.19 bits per heavy atom. The minimum absolute atomic E-state index is 0.142. The fraction of sp³-hybridized carbons (Fsp3) is 0.333. The van der Waals surface area contributed by atoms with E-state index in [9.17, 15) is 9.59 Å². The minimum Gasteiger partial charge on any atom is -0.495 e. The monoisotopic (exact) mass is 368 g/mol. The zero-order chi connectivity index (χ0) is 19.4. The van der Waals surface area contributed by atoms with Gasteiger partial charge in [0.05, 0.1) is 12.8 Å². The second-order valence-corrected chi connectivity index (χ2v) is 6.60. The number of hydrogen-bond acceptors (Lipinski definition) is 4. The molecule has 27 heavy (non-hydrogen) atoms. The molecule has 0 saturated carbocycles. The number of anilines is 2. The molecule has 1 fully saturated rings. The first-order valence-electron chi connectivity index (χ1n) is 9.00. The second-order valence-electron chi connectivity index (χ2n) is 6.60. The third-order valence-electron chi connectivity index (χ3n) is 4.52. The maximum absolute atomic E-state index is 12.5. The summed E-state index contributed by atoms with van der Waals surface area (Å²) in [6, 6.07) is 12.8. The Balaban J connectivity index is 1.63. The standard InChI is InChI=1S/C21H24N2O4/c1-14-6-11-19(26-3)18(13-14)22-21(25)15(2)27-17-9-7-16(8-10-17)23-12-4-5-20(23)24/h6-11,13,15H,4-5,12H2,1-3H3,(H,22,25). The molecule has 0 bridgehead atoms. The quantitative estimate of drug-likeness (QED) is 0.847. The number of nitrogens with zero attached hydrogens (tertiary/aromatic N) is 1. The van der Waals surface area contributed by atoms with Crippen molar-refractivity contribution in [2.24, 2.45) is 0 Å². The van der Waals surface area contributed by atoms with Crippen LogP contribution in [0, 0.1) is 6.92 Å². The number of carbonyl (C=O) groups is 2. The molecule has 1 unspecified atom stereocenters. The molecule has 1 atom stereocenters. The van der Waals surface area contributed by atoms with E-state index in [1.807, 2.05) is 37.3 Å². The van der Waals surface area contributed by atoms with Crippen molar-refractivity contribution in [3.8, 4) is 11.5 Å². The third kappa shape index (κ3) is 4.39. The van der Waals surface area contributed by atoms with Gasteiger partial charge in [0.25, 0.3) is 5.91 Å². The Morgan fingerprint density at radius 3 is 2.56 bits per heavy atom. The van der Waals surface area contributed by atoms with Gasteiger partial charge in [-0.2, -0.15) is 0 Å². The molecular formula is C21H24N2O4. The van der Waals surface area contributed by atoms with Gasteiger partial charge in [0.2, 0.25) is 5.91 Å². The molecule has 1 N–H and O–H groups in total. The lowest BCUT2D eigenvalue weighted by Gasteiger charge is -2.18. The molecule has 6 heteroatoms. The van der Waals surface area contributed by atoms with Crippen LogP contribution in [0.15, 0.2) is 42.5 Å². The Kier molecular flexibility index (Phi) is 5.64.